The maximum absolute atomic E-state index is 3.45. The average molecular weight is 272 g/mol. The topological polar surface area (TPSA) is 0 Å². The van der Waals surface area contributed by atoms with Crippen LogP contribution in [0.4, 0.5) is 0 Å². The van der Waals surface area contributed by atoms with E-state index >= 15 is 0 Å². The molecule has 112 valence electrons. The molecule has 0 fully saturated rings. The molecule has 0 saturated heterocycles. The van der Waals surface area contributed by atoms with Gasteiger partial charge in [-0.3, -0.25) is 0 Å². The summed E-state index contributed by atoms with van der Waals surface area (Å²) in [6.07, 6.45) is 16.0. The van der Waals surface area contributed by atoms with Crippen LogP contribution in [0.5, 0.6) is 0 Å². The Morgan fingerprint density at radius 1 is 0.600 bits per heavy atom. The predicted octanol–water partition coefficient (Wildman–Crippen LogP) is 6.31. The molecule has 0 N–H and O–H groups in total. The number of unbranched alkanes of at least 4 members (excludes halogenated alkanes) is 8. The van der Waals surface area contributed by atoms with Gasteiger partial charge in [-0.2, -0.15) is 0 Å². The van der Waals surface area contributed by atoms with E-state index in [2.05, 4.69) is 26.0 Å². The average Bonchev–Trinajstić information content (AvgIpc) is 2.48. The summed E-state index contributed by atoms with van der Waals surface area (Å²) in [5.74, 6) is 0. The molecule has 20 heavy (non-hydrogen) atoms. The molecule has 0 unspecified atom stereocenters. The van der Waals surface area contributed by atoms with Crippen LogP contribution in [0.2, 0.25) is 0 Å². The van der Waals surface area contributed by atoms with E-state index in [0.717, 1.165) is 0 Å². The molecule has 1 aromatic rings. The summed E-state index contributed by atoms with van der Waals surface area (Å²) in [6.45, 7) is 4.55. The molecule has 0 aromatic heterocycles. The SMILES string of the molecule is CCCCCCCc1[c]cc[c]c1CCCCCCC. The highest BCUT2D eigenvalue weighted by Crippen LogP contribution is 2.16. The maximum Gasteiger partial charge on any atom is -0.0146 e. The molecule has 1 rings (SSSR count). The molecule has 0 heterocycles. The number of hydrogen-bond donors (Lipinski definition) is 0. The zero-order valence-electron chi connectivity index (χ0n) is 13.6. The zero-order valence-corrected chi connectivity index (χ0v) is 13.6. The van der Waals surface area contributed by atoms with Crippen molar-refractivity contribution in [2.75, 3.05) is 0 Å². The smallest absolute Gasteiger partial charge is 0.0146 e. The van der Waals surface area contributed by atoms with Crippen LogP contribution in [0.25, 0.3) is 0 Å². The maximum atomic E-state index is 3.45. The fourth-order valence-electron chi connectivity index (χ4n) is 2.72. The summed E-state index contributed by atoms with van der Waals surface area (Å²) < 4.78 is 0. The molecule has 0 saturated carbocycles. The lowest BCUT2D eigenvalue weighted by Gasteiger charge is -2.08. The summed E-state index contributed by atoms with van der Waals surface area (Å²) in [4.78, 5) is 0. The molecular formula is C20H32. The highest BCUT2D eigenvalue weighted by Gasteiger charge is 2.02. The van der Waals surface area contributed by atoms with Gasteiger partial charge < -0.3 is 0 Å². The fraction of sp³-hybridized carbons (Fsp3) is 0.700. The molecule has 1 aromatic carbocycles. The van der Waals surface area contributed by atoms with E-state index in [4.69, 9.17) is 0 Å². The summed E-state index contributed by atoms with van der Waals surface area (Å²) in [7, 11) is 0. The van der Waals surface area contributed by atoms with Crippen LogP contribution in [-0.4, -0.2) is 0 Å². The van der Waals surface area contributed by atoms with Gasteiger partial charge in [-0.15, -0.1) is 0 Å². The van der Waals surface area contributed by atoms with Gasteiger partial charge in [0.05, 0.1) is 0 Å². The second-order valence-corrected chi connectivity index (χ2v) is 5.91. The third kappa shape index (κ3) is 7.72. The zero-order chi connectivity index (χ0) is 14.5. The van der Waals surface area contributed by atoms with Crippen molar-refractivity contribution in [2.24, 2.45) is 0 Å². The van der Waals surface area contributed by atoms with Gasteiger partial charge in [0.1, 0.15) is 0 Å². The first kappa shape index (κ1) is 17.3. The van der Waals surface area contributed by atoms with E-state index in [1.807, 2.05) is 12.1 Å². The van der Waals surface area contributed by atoms with Gasteiger partial charge in [0.2, 0.25) is 0 Å². The quantitative estimate of drug-likeness (QED) is 0.391. The normalized spacial score (nSPS) is 10.9. The third-order valence-electron chi connectivity index (χ3n) is 4.02. The molecule has 0 aliphatic heterocycles. The second kappa shape index (κ2) is 12.0. The van der Waals surface area contributed by atoms with Gasteiger partial charge in [-0.25, -0.2) is 0 Å². The lowest BCUT2D eigenvalue weighted by Crippen LogP contribution is -1.96. The summed E-state index contributed by atoms with van der Waals surface area (Å²) in [6, 6.07) is 11.0. The molecule has 0 atom stereocenters. The highest BCUT2D eigenvalue weighted by atomic mass is 14.1. The molecule has 0 nitrogen and oxygen atoms in total. The minimum Gasteiger partial charge on any atom is -0.0654 e. The molecule has 2 radical (unpaired) electrons. The van der Waals surface area contributed by atoms with Gasteiger partial charge >= 0.3 is 0 Å². The molecule has 0 spiro atoms. The Labute approximate surface area is 127 Å². The predicted molar refractivity (Wildman–Crippen MR) is 89.0 cm³/mol. The first-order chi connectivity index (χ1) is 9.88. The van der Waals surface area contributed by atoms with E-state index in [0.29, 0.717) is 0 Å². The fourth-order valence-corrected chi connectivity index (χ4v) is 2.72. The van der Waals surface area contributed by atoms with Crippen molar-refractivity contribution < 1.29 is 0 Å². The van der Waals surface area contributed by atoms with Gasteiger partial charge in [0.25, 0.3) is 0 Å². The minimum atomic E-state index is 1.20. The summed E-state index contributed by atoms with van der Waals surface area (Å²) in [5.41, 5.74) is 2.86. The molecule has 0 aliphatic rings. The Kier molecular flexibility index (Phi) is 10.4. The Morgan fingerprint density at radius 2 is 1.00 bits per heavy atom. The van der Waals surface area contributed by atoms with Crippen molar-refractivity contribution in [2.45, 2.75) is 90.9 Å². The molecular weight excluding hydrogens is 240 g/mol. The van der Waals surface area contributed by atoms with Gasteiger partial charge in [-0.05, 0) is 48.9 Å². The van der Waals surface area contributed by atoms with Crippen LogP contribution in [0.3, 0.4) is 0 Å². The second-order valence-electron chi connectivity index (χ2n) is 5.91. The lowest BCUT2D eigenvalue weighted by atomic mass is 9.96. The summed E-state index contributed by atoms with van der Waals surface area (Å²) >= 11 is 0. The van der Waals surface area contributed by atoms with Crippen LogP contribution in [0.1, 0.15) is 89.2 Å². The van der Waals surface area contributed by atoms with Crippen LogP contribution < -0.4 is 0 Å². The third-order valence-corrected chi connectivity index (χ3v) is 4.02. The van der Waals surface area contributed by atoms with Gasteiger partial charge in [0, 0.05) is 0 Å². The van der Waals surface area contributed by atoms with E-state index in [1.165, 1.54) is 88.2 Å². The number of hydrogen-bond acceptors (Lipinski definition) is 0. The first-order valence-electron chi connectivity index (χ1n) is 8.78. The van der Waals surface area contributed by atoms with Crippen LogP contribution >= 0.6 is 0 Å². The Bertz CT molecular complexity index is 294. The van der Waals surface area contributed by atoms with Crippen LogP contribution in [0, 0.1) is 12.1 Å². The highest BCUT2D eigenvalue weighted by molar-refractivity contribution is 5.25. The van der Waals surface area contributed by atoms with Crippen molar-refractivity contribution in [1.82, 2.24) is 0 Å². The molecule has 0 heteroatoms. The molecule has 0 amide bonds. The molecule has 0 aliphatic carbocycles. The van der Waals surface area contributed by atoms with Crippen molar-refractivity contribution in [3.8, 4) is 0 Å². The van der Waals surface area contributed by atoms with Gasteiger partial charge in [0.15, 0.2) is 0 Å². The van der Waals surface area contributed by atoms with E-state index in [1.54, 1.807) is 0 Å². The first-order valence-corrected chi connectivity index (χ1v) is 8.78. The largest absolute Gasteiger partial charge is 0.0654 e. The van der Waals surface area contributed by atoms with Crippen molar-refractivity contribution >= 4 is 0 Å². The van der Waals surface area contributed by atoms with E-state index < -0.39 is 0 Å². The van der Waals surface area contributed by atoms with Crippen molar-refractivity contribution in [3.63, 3.8) is 0 Å². The van der Waals surface area contributed by atoms with Crippen molar-refractivity contribution in [3.05, 3.63) is 35.4 Å². The minimum absolute atomic E-state index is 1.20. The van der Waals surface area contributed by atoms with Crippen molar-refractivity contribution in [1.29, 1.82) is 0 Å². The molecule has 0 bridgehead atoms. The standard InChI is InChI=1S/C20H32/c1-3-5-7-9-11-15-19-17-13-14-18-20(19)16-12-10-8-6-4-2/h13-14H,3-12,15-16H2,1-2H3. The van der Waals surface area contributed by atoms with Crippen LogP contribution in [-0.2, 0) is 12.8 Å². The van der Waals surface area contributed by atoms with E-state index in [-0.39, 0.29) is 0 Å². The van der Waals surface area contributed by atoms with E-state index in [9.17, 15) is 0 Å². The Morgan fingerprint density at radius 3 is 1.40 bits per heavy atom. The number of benzene rings is 1. The number of aryl methyl sites for hydroxylation is 2. The summed E-state index contributed by atoms with van der Waals surface area (Å²) in [5, 5.41) is 0. The van der Waals surface area contributed by atoms with Gasteiger partial charge in [-0.1, -0.05) is 77.3 Å². The monoisotopic (exact) mass is 272 g/mol. The number of rotatable bonds is 12. The Balaban J connectivity index is 2.27. The Hall–Kier alpha value is -0.780. The lowest BCUT2D eigenvalue weighted by molar-refractivity contribution is 0.620. The van der Waals surface area contributed by atoms with Crippen LogP contribution in [0.15, 0.2) is 12.1 Å².